The van der Waals surface area contributed by atoms with Gasteiger partial charge in [-0.2, -0.15) is 0 Å². The largest absolute Gasteiger partial charge is 0.497 e. The number of aliphatic hydroxyl groups excluding tert-OH is 1. The van der Waals surface area contributed by atoms with E-state index in [2.05, 4.69) is 21.7 Å². The van der Waals surface area contributed by atoms with Crippen LogP contribution < -0.4 is 9.47 Å². The van der Waals surface area contributed by atoms with Crippen molar-refractivity contribution in [2.75, 3.05) is 86.2 Å². The van der Waals surface area contributed by atoms with E-state index in [1.54, 1.807) is 7.11 Å². The smallest absolute Gasteiger partial charge is 0.236 e. The molecule has 3 rings (SSSR count). The van der Waals surface area contributed by atoms with Crippen molar-refractivity contribution in [2.45, 2.75) is 6.10 Å². The average molecular weight is 407 g/mol. The van der Waals surface area contributed by atoms with Crippen molar-refractivity contribution in [1.29, 1.82) is 0 Å². The zero-order valence-electron chi connectivity index (χ0n) is 17.6. The van der Waals surface area contributed by atoms with Gasteiger partial charge in [0, 0.05) is 58.9 Å². The van der Waals surface area contributed by atoms with Crippen LogP contribution >= 0.6 is 0 Å². The van der Waals surface area contributed by atoms with Crippen molar-refractivity contribution in [1.82, 2.24) is 19.6 Å². The van der Waals surface area contributed by atoms with Crippen molar-refractivity contribution in [3.05, 3.63) is 24.3 Å². The van der Waals surface area contributed by atoms with Gasteiger partial charge in [0.25, 0.3) is 0 Å². The summed E-state index contributed by atoms with van der Waals surface area (Å²) in [5.74, 6) is 1.73. The van der Waals surface area contributed by atoms with Gasteiger partial charge in [-0.1, -0.05) is 0 Å². The molecule has 8 nitrogen and oxygen atoms in total. The fraction of sp³-hybridized carbons (Fsp3) is 0.667. The molecule has 2 aliphatic rings. The van der Waals surface area contributed by atoms with Gasteiger partial charge in [-0.15, -0.1) is 0 Å². The maximum absolute atomic E-state index is 12.5. The molecule has 0 radical (unpaired) electrons. The van der Waals surface area contributed by atoms with Crippen LogP contribution in [0.25, 0.3) is 0 Å². The summed E-state index contributed by atoms with van der Waals surface area (Å²) in [6.45, 7) is 8.32. The molecule has 0 bridgehead atoms. The minimum Gasteiger partial charge on any atom is -0.497 e. The van der Waals surface area contributed by atoms with Crippen LogP contribution in [0, 0.1) is 0 Å². The van der Waals surface area contributed by atoms with Gasteiger partial charge in [-0.25, -0.2) is 0 Å². The predicted octanol–water partition coefficient (Wildman–Crippen LogP) is -0.173. The Hall–Kier alpha value is -1.87. The first-order valence-corrected chi connectivity index (χ1v) is 10.4. The molecule has 1 aromatic rings. The lowest BCUT2D eigenvalue weighted by Gasteiger charge is -2.37. The third kappa shape index (κ3) is 6.85. The van der Waals surface area contributed by atoms with Crippen LogP contribution in [0.5, 0.6) is 11.5 Å². The van der Waals surface area contributed by atoms with Crippen LogP contribution in [0.4, 0.5) is 0 Å². The molecule has 0 spiro atoms. The first-order chi connectivity index (χ1) is 14.0. The number of methoxy groups -OCH3 is 1. The van der Waals surface area contributed by atoms with E-state index in [0.29, 0.717) is 13.1 Å². The standard InChI is InChI=1S/C21H34N4O4/c1-22-7-13-25(14-8-22)21(27)16-24-11-9-23(10-12-24)15-18(26)17-29-20-5-3-19(28-2)4-6-20/h3-6,18,26H,7-17H2,1-2H3. The highest BCUT2D eigenvalue weighted by molar-refractivity contribution is 5.78. The summed E-state index contributed by atoms with van der Waals surface area (Å²) in [6, 6.07) is 7.35. The SMILES string of the molecule is COc1ccc(OCC(O)CN2CCN(CC(=O)N3CCN(C)CC3)CC2)cc1. The van der Waals surface area contributed by atoms with Gasteiger partial charge in [-0.05, 0) is 31.3 Å². The molecule has 0 saturated carbocycles. The van der Waals surface area contributed by atoms with Gasteiger partial charge in [-0.3, -0.25) is 14.6 Å². The number of hydrogen-bond donors (Lipinski definition) is 1. The van der Waals surface area contributed by atoms with E-state index in [0.717, 1.165) is 63.9 Å². The molecule has 2 saturated heterocycles. The maximum atomic E-state index is 12.5. The van der Waals surface area contributed by atoms with E-state index in [1.807, 2.05) is 29.2 Å². The van der Waals surface area contributed by atoms with E-state index in [9.17, 15) is 9.90 Å². The van der Waals surface area contributed by atoms with Crippen LogP contribution in [0.3, 0.4) is 0 Å². The van der Waals surface area contributed by atoms with Crippen LogP contribution in [0.2, 0.25) is 0 Å². The minimum atomic E-state index is -0.546. The number of ether oxygens (including phenoxy) is 2. The molecule has 2 heterocycles. The van der Waals surface area contributed by atoms with Gasteiger partial charge in [0.2, 0.25) is 5.91 Å². The van der Waals surface area contributed by atoms with Crippen molar-refractivity contribution in [2.24, 2.45) is 0 Å². The van der Waals surface area contributed by atoms with Gasteiger partial charge in [0.15, 0.2) is 0 Å². The summed E-state index contributed by atoms with van der Waals surface area (Å²) in [7, 11) is 3.72. The molecule has 1 aromatic carbocycles. The molecular formula is C21H34N4O4. The Kier molecular flexibility index (Phi) is 8.11. The number of piperazine rings is 2. The van der Waals surface area contributed by atoms with Crippen LogP contribution in [0.15, 0.2) is 24.3 Å². The monoisotopic (exact) mass is 406 g/mol. The number of carbonyl (C=O) groups is 1. The summed E-state index contributed by atoms with van der Waals surface area (Å²) in [6.07, 6.45) is -0.546. The first kappa shape index (κ1) is 21.8. The van der Waals surface area contributed by atoms with Crippen molar-refractivity contribution in [3.8, 4) is 11.5 Å². The van der Waals surface area contributed by atoms with Crippen molar-refractivity contribution in [3.63, 3.8) is 0 Å². The third-order valence-electron chi connectivity index (χ3n) is 5.65. The fourth-order valence-corrected chi connectivity index (χ4v) is 3.69. The lowest BCUT2D eigenvalue weighted by atomic mass is 10.2. The molecule has 8 heteroatoms. The second-order valence-electron chi connectivity index (χ2n) is 7.90. The summed E-state index contributed by atoms with van der Waals surface area (Å²) < 4.78 is 10.8. The fourth-order valence-electron chi connectivity index (χ4n) is 3.69. The number of aliphatic hydroxyl groups is 1. The van der Waals surface area contributed by atoms with Gasteiger partial charge < -0.3 is 24.4 Å². The Morgan fingerprint density at radius 1 is 0.966 bits per heavy atom. The van der Waals surface area contributed by atoms with Crippen LogP contribution in [0.1, 0.15) is 0 Å². The first-order valence-electron chi connectivity index (χ1n) is 10.4. The summed E-state index contributed by atoms with van der Waals surface area (Å²) in [5, 5.41) is 10.3. The lowest BCUT2D eigenvalue weighted by molar-refractivity contribution is -0.134. The molecule has 2 aliphatic heterocycles. The summed E-state index contributed by atoms with van der Waals surface area (Å²) >= 11 is 0. The Morgan fingerprint density at radius 2 is 1.55 bits per heavy atom. The molecule has 1 atom stereocenters. The molecule has 1 unspecified atom stereocenters. The number of likely N-dealkylation sites (N-methyl/N-ethyl adjacent to an activating group) is 1. The quantitative estimate of drug-likeness (QED) is 0.643. The van der Waals surface area contributed by atoms with Crippen molar-refractivity contribution >= 4 is 5.91 Å². The second kappa shape index (κ2) is 10.8. The highest BCUT2D eigenvalue weighted by Gasteiger charge is 2.24. The van der Waals surface area contributed by atoms with Gasteiger partial charge in [0.05, 0.1) is 13.7 Å². The molecule has 2 fully saturated rings. The second-order valence-corrected chi connectivity index (χ2v) is 7.90. The molecule has 162 valence electrons. The number of amides is 1. The molecule has 29 heavy (non-hydrogen) atoms. The Balaban J connectivity index is 1.32. The number of carbonyl (C=O) groups excluding carboxylic acids is 1. The molecular weight excluding hydrogens is 372 g/mol. The maximum Gasteiger partial charge on any atom is 0.236 e. The summed E-state index contributed by atoms with van der Waals surface area (Å²) in [4.78, 5) is 21.2. The molecule has 1 amide bonds. The van der Waals surface area contributed by atoms with E-state index in [-0.39, 0.29) is 12.5 Å². The number of nitrogens with zero attached hydrogens (tertiary/aromatic N) is 4. The Bertz CT molecular complexity index is 626. The number of hydrogen-bond acceptors (Lipinski definition) is 7. The molecule has 1 N–H and O–H groups in total. The lowest BCUT2D eigenvalue weighted by Crippen LogP contribution is -2.54. The Labute approximate surface area is 173 Å². The normalized spacial score (nSPS) is 20.4. The molecule has 0 aromatic heterocycles. The topological polar surface area (TPSA) is 68.7 Å². The highest BCUT2D eigenvalue weighted by atomic mass is 16.5. The number of β-amino-alcohol motifs (C(OH)–C–C–N with tert-alkyl or cyclic N) is 1. The zero-order chi connectivity index (χ0) is 20.6. The summed E-state index contributed by atoms with van der Waals surface area (Å²) in [5.41, 5.74) is 0. The van der Waals surface area contributed by atoms with E-state index in [4.69, 9.17) is 9.47 Å². The van der Waals surface area contributed by atoms with Crippen LogP contribution in [-0.2, 0) is 4.79 Å². The van der Waals surface area contributed by atoms with Gasteiger partial charge in [0.1, 0.15) is 24.2 Å². The minimum absolute atomic E-state index is 0.236. The van der Waals surface area contributed by atoms with E-state index >= 15 is 0 Å². The third-order valence-corrected chi connectivity index (χ3v) is 5.65. The predicted molar refractivity (Wildman–Crippen MR) is 111 cm³/mol. The van der Waals surface area contributed by atoms with Crippen LogP contribution in [-0.4, -0.2) is 123 Å². The highest BCUT2D eigenvalue weighted by Crippen LogP contribution is 2.17. The average Bonchev–Trinajstić information content (AvgIpc) is 2.74. The number of rotatable bonds is 8. The Morgan fingerprint density at radius 3 is 2.17 bits per heavy atom. The van der Waals surface area contributed by atoms with E-state index in [1.165, 1.54) is 0 Å². The molecule has 0 aliphatic carbocycles. The number of benzene rings is 1. The van der Waals surface area contributed by atoms with Crippen molar-refractivity contribution < 1.29 is 19.4 Å². The van der Waals surface area contributed by atoms with E-state index < -0.39 is 6.10 Å². The zero-order valence-corrected chi connectivity index (χ0v) is 17.6. The van der Waals surface area contributed by atoms with Gasteiger partial charge >= 0.3 is 0 Å².